The van der Waals surface area contributed by atoms with Crippen LogP contribution in [-0.2, 0) is 6.54 Å². The van der Waals surface area contributed by atoms with Crippen LogP contribution in [0.2, 0.25) is 0 Å². The highest BCUT2D eigenvalue weighted by atomic mass is 16.5. The Morgan fingerprint density at radius 3 is 3.07 bits per heavy atom. The molecule has 5 heteroatoms. The van der Waals surface area contributed by atoms with Gasteiger partial charge in [-0.2, -0.15) is 0 Å². The molecule has 5 nitrogen and oxygen atoms in total. The van der Waals surface area contributed by atoms with Crippen molar-refractivity contribution < 1.29 is 9.32 Å². The smallest absolute Gasteiger partial charge is 0.256 e. The van der Waals surface area contributed by atoms with E-state index >= 15 is 0 Å². The summed E-state index contributed by atoms with van der Waals surface area (Å²) >= 11 is 0. The van der Waals surface area contributed by atoms with Gasteiger partial charge < -0.3 is 15.6 Å². The second-order valence-corrected chi connectivity index (χ2v) is 3.48. The number of nitrogens with one attached hydrogen (secondary N) is 1. The molecule has 2 rings (SSSR count). The van der Waals surface area contributed by atoms with Crippen molar-refractivity contribution in [1.29, 1.82) is 0 Å². The van der Waals surface area contributed by atoms with Crippen molar-refractivity contribution in [2.45, 2.75) is 31.8 Å². The zero-order valence-electron chi connectivity index (χ0n) is 7.82. The molecule has 1 amide bonds. The van der Waals surface area contributed by atoms with Gasteiger partial charge in [0, 0.05) is 12.6 Å². The fourth-order valence-electron chi connectivity index (χ4n) is 1.41. The number of carbonyl (C=O) groups is 1. The van der Waals surface area contributed by atoms with Crippen molar-refractivity contribution in [2.75, 3.05) is 0 Å². The van der Waals surface area contributed by atoms with Crippen LogP contribution in [0.25, 0.3) is 0 Å². The number of nitrogens with zero attached hydrogens (tertiary/aromatic N) is 1. The van der Waals surface area contributed by atoms with E-state index in [1.165, 1.54) is 12.7 Å². The van der Waals surface area contributed by atoms with Crippen LogP contribution in [0.3, 0.4) is 0 Å². The van der Waals surface area contributed by atoms with Crippen LogP contribution in [0.5, 0.6) is 0 Å². The molecule has 0 aliphatic heterocycles. The van der Waals surface area contributed by atoms with Crippen LogP contribution in [0.4, 0.5) is 0 Å². The van der Waals surface area contributed by atoms with Crippen molar-refractivity contribution in [3.05, 3.63) is 17.5 Å². The Morgan fingerprint density at radius 1 is 1.71 bits per heavy atom. The van der Waals surface area contributed by atoms with Gasteiger partial charge in [0.1, 0.15) is 17.5 Å². The third-order valence-corrected chi connectivity index (χ3v) is 2.52. The fourth-order valence-corrected chi connectivity index (χ4v) is 1.41. The Morgan fingerprint density at radius 2 is 2.50 bits per heavy atom. The van der Waals surface area contributed by atoms with E-state index in [2.05, 4.69) is 10.5 Å². The quantitative estimate of drug-likeness (QED) is 0.732. The molecule has 14 heavy (non-hydrogen) atoms. The van der Waals surface area contributed by atoms with E-state index in [4.69, 9.17) is 10.3 Å². The van der Waals surface area contributed by atoms with Crippen LogP contribution in [-0.4, -0.2) is 17.1 Å². The number of hydrogen-bond acceptors (Lipinski definition) is 4. The maximum absolute atomic E-state index is 11.6. The van der Waals surface area contributed by atoms with Crippen molar-refractivity contribution in [3.63, 3.8) is 0 Å². The fraction of sp³-hybridized carbons (Fsp3) is 0.556. The molecule has 0 unspecified atom stereocenters. The molecule has 0 atom stereocenters. The van der Waals surface area contributed by atoms with Gasteiger partial charge in [-0.3, -0.25) is 4.79 Å². The predicted molar refractivity (Wildman–Crippen MR) is 49.5 cm³/mol. The molecule has 0 saturated heterocycles. The van der Waals surface area contributed by atoms with Crippen LogP contribution >= 0.6 is 0 Å². The van der Waals surface area contributed by atoms with Gasteiger partial charge in [-0.25, -0.2) is 0 Å². The normalized spacial score (nSPS) is 16.4. The van der Waals surface area contributed by atoms with E-state index in [-0.39, 0.29) is 12.5 Å². The van der Waals surface area contributed by atoms with Gasteiger partial charge in [0.25, 0.3) is 5.91 Å². The van der Waals surface area contributed by atoms with Crippen LogP contribution < -0.4 is 11.1 Å². The lowest BCUT2D eigenvalue weighted by Gasteiger charge is -2.26. The van der Waals surface area contributed by atoms with Crippen LogP contribution in [0.15, 0.2) is 10.8 Å². The standard InChI is InChI=1S/C9H13N3O2/c10-4-8-7(5-14-12-8)9(13)11-6-2-1-3-6/h5-6H,1-4,10H2,(H,11,13). The largest absolute Gasteiger partial charge is 0.364 e. The first-order chi connectivity index (χ1) is 6.81. The summed E-state index contributed by atoms with van der Waals surface area (Å²) in [4.78, 5) is 11.6. The summed E-state index contributed by atoms with van der Waals surface area (Å²) in [6.07, 6.45) is 4.67. The summed E-state index contributed by atoms with van der Waals surface area (Å²) in [6, 6.07) is 0.322. The molecular formula is C9H13N3O2. The first-order valence-corrected chi connectivity index (χ1v) is 4.75. The molecule has 1 aromatic rings. The molecule has 1 aliphatic carbocycles. The first-order valence-electron chi connectivity index (χ1n) is 4.75. The molecular weight excluding hydrogens is 182 g/mol. The second kappa shape index (κ2) is 3.79. The molecule has 1 saturated carbocycles. The Labute approximate surface area is 81.6 Å². The molecule has 1 heterocycles. The van der Waals surface area contributed by atoms with Gasteiger partial charge in [0.15, 0.2) is 0 Å². The minimum atomic E-state index is -0.128. The molecule has 1 fully saturated rings. The monoisotopic (exact) mass is 195 g/mol. The minimum Gasteiger partial charge on any atom is -0.364 e. The van der Waals surface area contributed by atoms with Gasteiger partial charge in [0.2, 0.25) is 0 Å². The Hall–Kier alpha value is -1.36. The summed E-state index contributed by atoms with van der Waals surface area (Å²) in [5, 5.41) is 6.55. The zero-order chi connectivity index (χ0) is 9.97. The topological polar surface area (TPSA) is 81.2 Å². The lowest BCUT2D eigenvalue weighted by Crippen LogP contribution is -2.39. The minimum absolute atomic E-state index is 0.128. The van der Waals surface area contributed by atoms with Gasteiger partial charge in [-0.15, -0.1) is 0 Å². The summed E-state index contributed by atoms with van der Waals surface area (Å²) in [7, 11) is 0. The molecule has 76 valence electrons. The van der Waals surface area contributed by atoms with Gasteiger partial charge >= 0.3 is 0 Å². The number of amides is 1. The maximum Gasteiger partial charge on any atom is 0.256 e. The number of carbonyl (C=O) groups excluding carboxylic acids is 1. The summed E-state index contributed by atoms with van der Waals surface area (Å²) in [5.41, 5.74) is 6.38. The molecule has 1 aliphatic rings. The van der Waals surface area contributed by atoms with Gasteiger partial charge in [-0.05, 0) is 19.3 Å². The molecule has 1 aromatic heterocycles. The van der Waals surface area contributed by atoms with Crippen molar-refractivity contribution in [3.8, 4) is 0 Å². The van der Waals surface area contributed by atoms with Gasteiger partial charge in [0.05, 0.1) is 0 Å². The van der Waals surface area contributed by atoms with Crippen LogP contribution in [0.1, 0.15) is 35.3 Å². The van der Waals surface area contributed by atoms with Crippen molar-refractivity contribution >= 4 is 5.91 Å². The van der Waals surface area contributed by atoms with E-state index in [0.29, 0.717) is 17.3 Å². The highest BCUT2D eigenvalue weighted by molar-refractivity contribution is 5.95. The number of hydrogen-bond donors (Lipinski definition) is 2. The average Bonchev–Trinajstić information content (AvgIpc) is 2.58. The van der Waals surface area contributed by atoms with E-state index in [1.807, 2.05) is 0 Å². The molecule has 3 N–H and O–H groups in total. The lowest BCUT2D eigenvalue weighted by atomic mass is 9.93. The third kappa shape index (κ3) is 1.63. The summed E-state index contributed by atoms with van der Waals surface area (Å²) in [6.45, 7) is 0.226. The van der Waals surface area contributed by atoms with E-state index in [1.54, 1.807) is 0 Å². The summed E-state index contributed by atoms with van der Waals surface area (Å²) < 4.78 is 4.70. The number of rotatable bonds is 3. The van der Waals surface area contributed by atoms with Crippen LogP contribution in [0, 0.1) is 0 Å². The molecule has 0 spiro atoms. The zero-order valence-corrected chi connectivity index (χ0v) is 7.82. The van der Waals surface area contributed by atoms with Gasteiger partial charge in [-0.1, -0.05) is 5.16 Å². The Kier molecular flexibility index (Phi) is 2.49. The average molecular weight is 195 g/mol. The SMILES string of the molecule is NCc1nocc1C(=O)NC1CCC1. The Bertz CT molecular complexity index is 331. The van der Waals surface area contributed by atoms with E-state index in [9.17, 15) is 4.79 Å². The number of aromatic nitrogens is 1. The molecule has 0 aromatic carbocycles. The second-order valence-electron chi connectivity index (χ2n) is 3.48. The highest BCUT2D eigenvalue weighted by Gasteiger charge is 2.22. The summed E-state index contributed by atoms with van der Waals surface area (Å²) in [5.74, 6) is -0.128. The van der Waals surface area contributed by atoms with Crippen molar-refractivity contribution in [1.82, 2.24) is 10.5 Å². The van der Waals surface area contributed by atoms with Crippen molar-refractivity contribution in [2.24, 2.45) is 5.73 Å². The third-order valence-electron chi connectivity index (χ3n) is 2.52. The van der Waals surface area contributed by atoms with E-state index < -0.39 is 0 Å². The lowest BCUT2D eigenvalue weighted by molar-refractivity contribution is 0.0915. The molecule has 0 bridgehead atoms. The Balaban J connectivity index is 2.02. The first kappa shape index (κ1) is 9.21. The predicted octanol–water partition coefficient (Wildman–Crippen LogP) is 0.416. The highest BCUT2D eigenvalue weighted by Crippen LogP contribution is 2.19. The number of nitrogens with two attached hydrogens (primary N) is 1. The molecule has 0 radical (unpaired) electrons. The van der Waals surface area contributed by atoms with E-state index in [0.717, 1.165) is 12.8 Å². The maximum atomic E-state index is 11.6.